The van der Waals surface area contributed by atoms with E-state index in [4.69, 9.17) is 4.74 Å². The van der Waals surface area contributed by atoms with Crippen molar-refractivity contribution in [2.45, 2.75) is 50.6 Å². The Morgan fingerprint density at radius 3 is 3.00 bits per heavy atom. The van der Waals surface area contributed by atoms with E-state index in [0.29, 0.717) is 18.2 Å². The summed E-state index contributed by atoms with van der Waals surface area (Å²) in [6.07, 6.45) is 6.72. The highest BCUT2D eigenvalue weighted by atomic mass is 16.5. The average molecular weight is 273 g/mol. The van der Waals surface area contributed by atoms with Gasteiger partial charge in [0.15, 0.2) is 5.78 Å². The fourth-order valence-corrected chi connectivity index (χ4v) is 3.67. The quantitative estimate of drug-likeness (QED) is 0.916. The van der Waals surface area contributed by atoms with Crippen molar-refractivity contribution in [1.82, 2.24) is 5.32 Å². The lowest BCUT2D eigenvalue weighted by atomic mass is 9.84. The second-order valence-electron chi connectivity index (χ2n) is 6.10. The molecule has 0 amide bonds. The number of nitrogens with one attached hydrogen (secondary N) is 1. The van der Waals surface area contributed by atoms with Crippen LogP contribution in [0.5, 0.6) is 5.75 Å². The molecule has 0 radical (unpaired) electrons. The molecule has 1 aromatic carbocycles. The van der Waals surface area contributed by atoms with E-state index >= 15 is 0 Å². The van der Waals surface area contributed by atoms with Crippen LogP contribution < -0.4 is 10.1 Å². The van der Waals surface area contributed by atoms with Crippen LogP contribution in [0.3, 0.4) is 0 Å². The van der Waals surface area contributed by atoms with E-state index in [0.717, 1.165) is 23.7 Å². The fourth-order valence-electron chi connectivity index (χ4n) is 3.67. The third-order valence-corrected chi connectivity index (χ3v) is 4.76. The van der Waals surface area contributed by atoms with Crippen molar-refractivity contribution in [2.24, 2.45) is 5.92 Å². The summed E-state index contributed by atoms with van der Waals surface area (Å²) in [4.78, 5) is 12.5. The monoisotopic (exact) mass is 273 g/mol. The van der Waals surface area contributed by atoms with E-state index < -0.39 is 0 Å². The van der Waals surface area contributed by atoms with E-state index in [9.17, 15) is 4.79 Å². The average Bonchev–Trinajstić information content (AvgIpc) is 2.91. The molecule has 1 aliphatic carbocycles. The molecule has 3 unspecified atom stereocenters. The number of hydrogen-bond acceptors (Lipinski definition) is 3. The summed E-state index contributed by atoms with van der Waals surface area (Å²) in [6.45, 7) is 0. The van der Waals surface area contributed by atoms with E-state index in [2.05, 4.69) is 5.32 Å². The minimum absolute atomic E-state index is 0.0642. The lowest BCUT2D eigenvalue weighted by Gasteiger charge is -2.24. The van der Waals surface area contributed by atoms with Gasteiger partial charge in [0.2, 0.25) is 0 Å². The summed E-state index contributed by atoms with van der Waals surface area (Å²) in [5.41, 5.74) is 1.05. The highest BCUT2D eigenvalue weighted by Crippen LogP contribution is 2.33. The molecular weight excluding hydrogens is 250 g/mol. The number of ether oxygens (including phenoxy) is 1. The Bertz CT molecular complexity index is 472. The largest absolute Gasteiger partial charge is 0.497 e. The molecule has 0 aromatic heterocycles. The van der Waals surface area contributed by atoms with Crippen molar-refractivity contribution in [3.8, 4) is 5.75 Å². The Morgan fingerprint density at radius 1 is 1.35 bits per heavy atom. The molecule has 3 atom stereocenters. The van der Waals surface area contributed by atoms with E-state index in [1.54, 1.807) is 7.11 Å². The Morgan fingerprint density at radius 2 is 2.20 bits per heavy atom. The standard InChI is InChI=1S/C17H23NO2/c1-20-14-7-4-5-12(9-14)10-17(19)16-11-13-6-2-3-8-15(13)18-16/h4-5,7,9,13,15-16,18H,2-3,6,8,10-11H2,1H3. The van der Waals surface area contributed by atoms with Gasteiger partial charge >= 0.3 is 0 Å². The molecule has 1 N–H and O–H groups in total. The third kappa shape index (κ3) is 2.88. The molecule has 1 heterocycles. The van der Waals surface area contributed by atoms with Gasteiger partial charge in [0.25, 0.3) is 0 Å². The predicted octanol–water partition coefficient (Wildman–Crippen LogP) is 2.73. The predicted molar refractivity (Wildman–Crippen MR) is 79.0 cm³/mol. The highest BCUT2D eigenvalue weighted by molar-refractivity contribution is 5.86. The lowest BCUT2D eigenvalue weighted by Crippen LogP contribution is -2.37. The summed E-state index contributed by atoms with van der Waals surface area (Å²) in [5, 5.41) is 3.56. The van der Waals surface area contributed by atoms with Gasteiger partial charge in [-0.05, 0) is 42.9 Å². The maximum Gasteiger partial charge on any atom is 0.154 e. The Labute approximate surface area is 120 Å². The first-order chi connectivity index (χ1) is 9.76. The number of hydrogen-bond donors (Lipinski definition) is 1. The van der Waals surface area contributed by atoms with Crippen LogP contribution in [-0.4, -0.2) is 25.0 Å². The number of fused-ring (bicyclic) bond motifs is 1. The molecule has 0 spiro atoms. The van der Waals surface area contributed by atoms with Gasteiger partial charge in [-0.1, -0.05) is 25.0 Å². The van der Waals surface area contributed by atoms with E-state index in [1.165, 1.54) is 25.7 Å². The molecule has 3 nitrogen and oxygen atoms in total. The first-order valence-corrected chi connectivity index (χ1v) is 7.68. The summed E-state index contributed by atoms with van der Waals surface area (Å²) < 4.78 is 5.21. The minimum Gasteiger partial charge on any atom is -0.497 e. The van der Waals surface area contributed by atoms with Gasteiger partial charge in [0.1, 0.15) is 5.75 Å². The molecule has 1 aromatic rings. The zero-order chi connectivity index (χ0) is 13.9. The zero-order valence-electron chi connectivity index (χ0n) is 12.1. The maximum absolute atomic E-state index is 12.5. The third-order valence-electron chi connectivity index (χ3n) is 4.76. The molecule has 3 rings (SSSR count). The van der Waals surface area contributed by atoms with Gasteiger partial charge in [-0.25, -0.2) is 0 Å². The fraction of sp³-hybridized carbons (Fsp3) is 0.588. The van der Waals surface area contributed by atoms with Crippen LogP contribution in [0.25, 0.3) is 0 Å². The van der Waals surface area contributed by atoms with Gasteiger partial charge in [0.05, 0.1) is 13.2 Å². The number of carbonyl (C=O) groups is 1. The molecule has 2 aliphatic rings. The zero-order valence-corrected chi connectivity index (χ0v) is 12.1. The number of methoxy groups -OCH3 is 1. The molecule has 1 saturated carbocycles. The van der Waals surface area contributed by atoms with Crippen molar-refractivity contribution in [2.75, 3.05) is 7.11 Å². The van der Waals surface area contributed by atoms with Crippen LogP contribution in [-0.2, 0) is 11.2 Å². The van der Waals surface area contributed by atoms with E-state index in [-0.39, 0.29) is 6.04 Å². The summed E-state index contributed by atoms with van der Waals surface area (Å²) in [5.74, 6) is 1.87. The molecule has 108 valence electrons. The van der Waals surface area contributed by atoms with Crippen molar-refractivity contribution >= 4 is 5.78 Å². The van der Waals surface area contributed by atoms with Crippen molar-refractivity contribution in [3.05, 3.63) is 29.8 Å². The van der Waals surface area contributed by atoms with E-state index in [1.807, 2.05) is 24.3 Å². The van der Waals surface area contributed by atoms with Crippen molar-refractivity contribution in [1.29, 1.82) is 0 Å². The first kappa shape index (κ1) is 13.6. The van der Waals surface area contributed by atoms with Gasteiger partial charge in [-0.2, -0.15) is 0 Å². The molecular formula is C17H23NO2. The van der Waals surface area contributed by atoms with Crippen LogP contribution >= 0.6 is 0 Å². The van der Waals surface area contributed by atoms with Crippen LogP contribution in [0.1, 0.15) is 37.7 Å². The molecule has 3 heteroatoms. The molecule has 0 bridgehead atoms. The first-order valence-electron chi connectivity index (χ1n) is 7.68. The summed E-state index contributed by atoms with van der Waals surface area (Å²) >= 11 is 0. The number of rotatable bonds is 4. The SMILES string of the molecule is COc1cccc(CC(=O)C2CC3CCCCC3N2)c1. The van der Waals surface area contributed by atoms with Gasteiger partial charge in [0, 0.05) is 12.5 Å². The molecule has 2 fully saturated rings. The van der Waals surface area contributed by atoms with Crippen LogP contribution in [0.4, 0.5) is 0 Å². The molecule has 1 aliphatic heterocycles. The Balaban J connectivity index is 1.61. The second kappa shape index (κ2) is 5.96. The normalized spacial score (nSPS) is 28.9. The van der Waals surface area contributed by atoms with Crippen molar-refractivity contribution in [3.63, 3.8) is 0 Å². The number of ketones is 1. The summed E-state index contributed by atoms with van der Waals surface area (Å²) in [7, 11) is 1.66. The molecule has 20 heavy (non-hydrogen) atoms. The van der Waals surface area contributed by atoms with Gasteiger partial charge in [-0.15, -0.1) is 0 Å². The number of benzene rings is 1. The smallest absolute Gasteiger partial charge is 0.154 e. The van der Waals surface area contributed by atoms with Crippen LogP contribution in [0, 0.1) is 5.92 Å². The number of Topliss-reactive ketones (excluding diaryl/α,β-unsaturated/α-hetero) is 1. The van der Waals surface area contributed by atoms with Crippen LogP contribution in [0.2, 0.25) is 0 Å². The topological polar surface area (TPSA) is 38.3 Å². The van der Waals surface area contributed by atoms with Gasteiger partial charge in [-0.3, -0.25) is 4.79 Å². The number of carbonyl (C=O) groups excluding carboxylic acids is 1. The Kier molecular flexibility index (Phi) is 4.06. The van der Waals surface area contributed by atoms with Gasteiger partial charge < -0.3 is 10.1 Å². The lowest BCUT2D eigenvalue weighted by molar-refractivity contribution is -0.120. The Hall–Kier alpha value is -1.35. The molecule has 1 saturated heterocycles. The minimum atomic E-state index is 0.0642. The highest BCUT2D eigenvalue weighted by Gasteiger charge is 2.37. The van der Waals surface area contributed by atoms with Crippen LogP contribution in [0.15, 0.2) is 24.3 Å². The second-order valence-corrected chi connectivity index (χ2v) is 6.10. The summed E-state index contributed by atoms with van der Waals surface area (Å²) in [6, 6.07) is 8.47. The van der Waals surface area contributed by atoms with Crippen molar-refractivity contribution < 1.29 is 9.53 Å². The maximum atomic E-state index is 12.5.